The summed E-state index contributed by atoms with van der Waals surface area (Å²) in [4.78, 5) is 15.8. The van der Waals surface area contributed by atoms with Crippen molar-refractivity contribution in [3.8, 4) is 12.5 Å². The monoisotopic (exact) mass is 356 g/mol. The van der Waals surface area contributed by atoms with Gasteiger partial charge in [0.2, 0.25) is 0 Å². The van der Waals surface area contributed by atoms with Gasteiger partial charge in [0.05, 0.1) is 6.54 Å². The minimum atomic E-state index is -1.04. The molecule has 1 aromatic carbocycles. The lowest BCUT2D eigenvalue weighted by Gasteiger charge is -2.44. The molecule has 2 unspecified atom stereocenters. The van der Waals surface area contributed by atoms with Gasteiger partial charge in [-0.15, -0.1) is 11.8 Å². The Bertz CT molecular complexity index is 708. The van der Waals surface area contributed by atoms with Crippen molar-refractivity contribution in [1.82, 2.24) is 4.90 Å². The predicted octanol–water partition coefficient (Wildman–Crippen LogP) is 3.69. The van der Waals surface area contributed by atoms with Crippen molar-refractivity contribution in [3.63, 3.8) is 0 Å². The van der Waals surface area contributed by atoms with Crippen molar-refractivity contribution < 1.29 is 9.53 Å². The van der Waals surface area contributed by atoms with E-state index in [0.717, 1.165) is 16.2 Å². The summed E-state index contributed by atoms with van der Waals surface area (Å²) in [6, 6.07) is 12.2. The number of ether oxygens (including phenoxy) is 1. The molecule has 1 aliphatic rings. The highest BCUT2D eigenvalue weighted by Crippen LogP contribution is 2.39. The number of rotatable bonds is 6. The van der Waals surface area contributed by atoms with E-state index in [0.29, 0.717) is 5.71 Å². The lowest BCUT2D eigenvalue weighted by molar-refractivity contribution is -0.156. The molecule has 5 heteroatoms. The molecule has 1 aliphatic heterocycles. The highest BCUT2D eigenvalue weighted by Gasteiger charge is 2.49. The summed E-state index contributed by atoms with van der Waals surface area (Å²) in [5, 5.41) is 7.81. The number of terminal acetylenes is 1. The SMILES string of the molecule is C#CN(CC(C)=N)C1(C(=O)OCc2ccccc2)C=C(C)SCC1C. The molecule has 1 N–H and O–H groups in total. The summed E-state index contributed by atoms with van der Waals surface area (Å²) >= 11 is 1.71. The Balaban J connectivity index is 2.34. The molecule has 0 aromatic heterocycles. The number of benzene rings is 1. The van der Waals surface area contributed by atoms with Gasteiger partial charge in [-0.25, -0.2) is 4.79 Å². The van der Waals surface area contributed by atoms with Crippen molar-refractivity contribution in [2.45, 2.75) is 32.9 Å². The van der Waals surface area contributed by atoms with Gasteiger partial charge in [-0.1, -0.05) is 43.7 Å². The first kappa shape index (κ1) is 19.1. The molecule has 0 spiro atoms. The van der Waals surface area contributed by atoms with E-state index in [1.165, 1.54) is 0 Å². The Labute approximate surface area is 154 Å². The number of carbonyl (C=O) groups excluding carboxylic acids is 1. The van der Waals surface area contributed by atoms with Crippen LogP contribution in [0, 0.1) is 23.8 Å². The number of thioether (sulfide) groups is 1. The maximum absolute atomic E-state index is 13.1. The van der Waals surface area contributed by atoms with E-state index < -0.39 is 5.54 Å². The fraction of sp³-hybridized carbons (Fsp3) is 0.400. The van der Waals surface area contributed by atoms with Crippen LogP contribution in [0.5, 0.6) is 0 Å². The molecule has 1 aromatic rings. The molecule has 25 heavy (non-hydrogen) atoms. The van der Waals surface area contributed by atoms with Crippen molar-refractivity contribution >= 4 is 23.4 Å². The zero-order valence-corrected chi connectivity index (χ0v) is 15.7. The number of carbonyl (C=O) groups is 1. The summed E-state index contributed by atoms with van der Waals surface area (Å²) in [6.07, 6.45) is 7.63. The Kier molecular flexibility index (Phi) is 6.33. The third-order valence-electron chi connectivity index (χ3n) is 4.27. The minimum Gasteiger partial charge on any atom is -0.459 e. The first-order valence-electron chi connectivity index (χ1n) is 8.21. The summed E-state index contributed by atoms with van der Waals surface area (Å²) in [7, 11) is 0. The topological polar surface area (TPSA) is 53.4 Å². The van der Waals surface area contributed by atoms with Crippen LogP contribution in [0.25, 0.3) is 0 Å². The van der Waals surface area contributed by atoms with Gasteiger partial charge in [-0.2, -0.15) is 0 Å². The standard InChI is InChI=1S/C20H24N2O2S/c1-5-22(12-16(3)21)20(11-17(4)25-14-15(20)2)19(23)24-13-18-9-7-6-8-10-18/h1,6-11,15,21H,12-14H2,2-4H3. The van der Waals surface area contributed by atoms with Gasteiger partial charge in [0.25, 0.3) is 0 Å². The quantitative estimate of drug-likeness (QED) is 0.366. The number of esters is 1. The highest BCUT2D eigenvalue weighted by molar-refractivity contribution is 8.03. The average molecular weight is 356 g/mol. The van der Waals surface area contributed by atoms with Gasteiger partial charge in [-0.3, -0.25) is 0 Å². The maximum atomic E-state index is 13.1. The van der Waals surface area contributed by atoms with E-state index in [2.05, 4.69) is 6.04 Å². The molecule has 0 saturated heterocycles. The first-order valence-corrected chi connectivity index (χ1v) is 9.20. The van der Waals surface area contributed by atoms with Gasteiger partial charge in [0.1, 0.15) is 6.61 Å². The molecule has 0 radical (unpaired) electrons. The summed E-state index contributed by atoms with van der Waals surface area (Å²) in [5.74, 6) is 0.389. The fourth-order valence-corrected chi connectivity index (χ4v) is 3.98. The lowest BCUT2D eigenvalue weighted by Crippen LogP contribution is -2.59. The van der Waals surface area contributed by atoms with Crippen LogP contribution >= 0.6 is 11.8 Å². The number of hydrogen-bond donors (Lipinski definition) is 1. The maximum Gasteiger partial charge on any atom is 0.337 e. The number of nitrogens with zero attached hydrogens (tertiary/aromatic N) is 1. The van der Waals surface area contributed by atoms with Crippen LogP contribution in [0.1, 0.15) is 26.3 Å². The molecule has 0 saturated carbocycles. The van der Waals surface area contributed by atoms with E-state index in [9.17, 15) is 4.79 Å². The zero-order chi connectivity index (χ0) is 18.4. The van der Waals surface area contributed by atoms with E-state index in [-0.39, 0.29) is 25.0 Å². The molecule has 0 bridgehead atoms. The summed E-state index contributed by atoms with van der Waals surface area (Å²) in [6.45, 7) is 6.10. The summed E-state index contributed by atoms with van der Waals surface area (Å²) < 4.78 is 5.65. The third kappa shape index (κ3) is 4.26. The van der Waals surface area contributed by atoms with Crippen molar-refractivity contribution in [1.29, 1.82) is 5.41 Å². The number of nitrogens with one attached hydrogen (secondary N) is 1. The molecule has 132 valence electrons. The Morgan fingerprint density at radius 3 is 2.76 bits per heavy atom. The van der Waals surface area contributed by atoms with Crippen LogP contribution in [0.15, 0.2) is 41.3 Å². The molecular weight excluding hydrogens is 332 g/mol. The second-order valence-electron chi connectivity index (χ2n) is 6.35. The number of allylic oxidation sites excluding steroid dienone is 1. The number of hydrogen-bond acceptors (Lipinski definition) is 5. The second kappa shape index (κ2) is 8.26. The predicted molar refractivity (Wildman–Crippen MR) is 103 cm³/mol. The van der Waals surface area contributed by atoms with E-state index in [1.807, 2.05) is 50.3 Å². The van der Waals surface area contributed by atoms with Gasteiger partial charge in [-0.05, 0) is 30.4 Å². The van der Waals surface area contributed by atoms with E-state index in [1.54, 1.807) is 23.6 Å². The van der Waals surface area contributed by atoms with Gasteiger partial charge >= 0.3 is 5.97 Å². The Hall–Kier alpha value is -2.19. The largest absolute Gasteiger partial charge is 0.459 e. The van der Waals surface area contributed by atoms with Crippen molar-refractivity contribution in [2.24, 2.45) is 5.92 Å². The van der Waals surface area contributed by atoms with Crippen LogP contribution in [0.3, 0.4) is 0 Å². The zero-order valence-electron chi connectivity index (χ0n) is 14.9. The lowest BCUT2D eigenvalue weighted by atomic mass is 9.83. The fourth-order valence-electron chi connectivity index (χ4n) is 2.95. The molecule has 1 heterocycles. The van der Waals surface area contributed by atoms with E-state index >= 15 is 0 Å². The van der Waals surface area contributed by atoms with E-state index in [4.69, 9.17) is 16.6 Å². The van der Waals surface area contributed by atoms with Crippen LogP contribution in [-0.2, 0) is 16.1 Å². The minimum absolute atomic E-state index is 0.0279. The molecule has 0 aliphatic carbocycles. The van der Waals surface area contributed by atoms with Crippen molar-refractivity contribution in [3.05, 3.63) is 46.9 Å². The molecule has 4 nitrogen and oxygen atoms in total. The first-order chi connectivity index (χ1) is 11.9. The van der Waals surface area contributed by atoms with Crippen molar-refractivity contribution in [2.75, 3.05) is 12.3 Å². The average Bonchev–Trinajstić information content (AvgIpc) is 2.60. The summed E-state index contributed by atoms with van der Waals surface area (Å²) in [5.41, 5.74) is 0.297. The second-order valence-corrected chi connectivity index (χ2v) is 7.62. The molecule has 2 rings (SSSR count). The highest BCUT2D eigenvalue weighted by atomic mass is 32.2. The van der Waals surface area contributed by atoms with Gasteiger partial charge in [0.15, 0.2) is 5.54 Å². The molecular formula is C20H24N2O2S. The third-order valence-corrected chi connectivity index (χ3v) is 5.51. The van der Waals surface area contributed by atoms with Crippen LogP contribution in [0.2, 0.25) is 0 Å². The van der Waals surface area contributed by atoms with Crippen LogP contribution in [0.4, 0.5) is 0 Å². The Morgan fingerprint density at radius 1 is 1.48 bits per heavy atom. The molecule has 2 atom stereocenters. The van der Waals surface area contributed by atoms with Gasteiger partial charge < -0.3 is 15.0 Å². The molecule has 0 fully saturated rings. The smallest absolute Gasteiger partial charge is 0.337 e. The molecule has 0 amide bonds. The Morgan fingerprint density at radius 2 is 2.16 bits per heavy atom. The van der Waals surface area contributed by atoms with Crippen LogP contribution < -0.4 is 0 Å². The normalized spacial score (nSPS) is 22.5. The van der Waals surface area contributed by atoms with Gasteiger partial charge in [0, 0.05) is 23.4 Å². The van der Waals surface area contributed by atoms with Crippen LogP contribution in [-0.4, -0.2) is 34.4 Å².